The first-order chi connectivity index (χ1) is 10.3. The number of hydrogen-bond donors (Lipinski definition) is 1. The second-order valence-corrected chi connectivity index (χ2v) is 5.20. The van der Waals surface area contributed by atoms with Gasteiger partial charge in [0.2, 0.25) is 0 Å². The summed E-state index contributed by atoms with van der Waals surface area (Å²) in [6, 6.07) is 10.2. The van der Waals surface area contributed by atoms with Crippen molar-refractivity contribution < 1.29 is 9.47 Å². The zero-order valence-corrected chi connectivity index (χ0v) is 12.4. The van der Waals surface area contributed by atoms with Gasteiger partial charge in [0.25, 0.3) is 0 Å². The maximum absolute atomic E-state index is 5.44. The molecule has 2 aromatic rings. The zero-order chi connectivity index (χ0) is 14.7. The van der Waals surface area contributed by atoms with E-state index in [-0.39, 0.29) is 6.04 Å². The number of anilines is 1. The second kappa shape index (κ2) is 6.04. The third kappa shape index (κ3) is 2.79. The highest BCUT2D eigenvalue weighted by molar-refractivity contribution is 5.61. The maximum Gasteiger partial charge on any atom is 0.142 e. The van der Waals surface area contributed by atoms with Crippen LogP contribution >= 0.6 is 0 Å². The molecule has 3 rings (SSSR count). The van der Waals surface area contributed by atoms with E-state index in [1.807, 2.05) is 30.5 Å². The molecule has 4 heteroatoms. The van der Waals surface area contributed by atoms with E-state index in [0.717, 1.165) is 35.7 Å². The van der Waals surface area contributed by atoms with Gasteiger partial charge in [-0.25, -0.2) is 0 Å². The Balaban J connectivity index is 1.90. The molecule has 0 bridgehead atoms. The molecule has 1 N–H and O–H groups in total. The van der Waals surface area contributed by atoms with Crippen LogP contribution in [0.4, 0.5) is 5.69 Å². The summed E-state index contributed by atoms with van der Waals surface area (Å²) in [5.74, 6) is 1.63. The summed E-state index contributed by atoms with van der Waals surface area (Å²) in [5, 5.41) is 3.56. The van der Waals surface area contributed by atoms with Crippen LogP contribution in [0.2, 0.25) is 0 Å². The van der Waals surface area contributed by atoms with E-state index in [9.17, 15) is 0 Å². The topological polar surface area (TPSA) is 43.4 Å². The molecule has 4 nitrogen and oxygen atoms in total. The molecule has 21 heavy (non-hydrogen) atoms. The van der Waals surface area contributed by atoms with Gasteiger partial charge in [-0.05, 0) is 43.0 Å². The molecule has 1 unspecified atom stereocenters. The highest BCUT2D eigenvalue weighted by Crippen LogP contribution is 2.35. The van der Waals surface area contributed by atoms with Crippen LogP contribution in [0.1, 0.15) is 30.1 Å². The minimum atomic E-state index is 0.218. The molecule has 1 aromatic heterocycles. The molecule has 1 aliphatic carbocycles. The monoisotopic (exact) mass is 284 g/mol. The Bertz CT molecular complexity index is 628. The molecule has 110 valence electrons. The number of pyridine rings is 1. The first kappa shape index (κ1) is 13.7. The van der Waals surface area contributed by atoms with E-state index >= 15 is 0 Å². The van der Waals surface area contributed by atoms with Crippen molar-refractivity contribution in [2.45, 2.75) is 25.3 Å². The van der Waals surface area contributed by atoms with Crippen LogP contribution in [0.15, 0.2) is 36.5 Å². The van der Waals surface area contributed by atoms with Crippen molar-refractivity contribution in [3.63, 3.8) is 0 Å². The van der Waals surface area contributed by atoms with E-state index in [1.165, 1.54) is 12.0 Å². The van der Waals surface area contributed by atoms with Crippen LogP contribution in [-0.2, 0) is 6.42 Å². The molecule has 1 aromatic carbocycles. The lowest BCUT2D eigenvalue weighted by Gasteiger charge is -2.26. The van der Waals surface area contributed by atoms with Gasteiger partial charge in [-0.15, -0.1) is 0 Å². The number of rotatable bonds is 4. The maximum atomic E-state index is 5.44. The molecular weight excluding hydrogens is 264 g/mol. The number of ether oxygens (including phenoxy) is 2. The molecule has 0 amide bonds. The van der Waals surface area contributed by atoms with Crippen LogP contribution in [0.25, 0.3) is 0 Å². The van der Waals surface area contributed by atoms with Crippen molar-refractivity contribution in [3.05, 3.63) is 47.8 Å². The Morgan fingerprint density at radius 2 is 2.10 bits per heavy atom. The predicted octanol–water partition coefficient (Wildman–Crippen LogP) is 3.59. The lowest BCUT2D eigenvalue weighted by atomic mass is 9.91. The first-order valence-electron chi connectivity index (χ1n) is 7.24. The fraction of sp³-hybridized carbons (Fsp3) is 0.353. The molecule has 1 aliphatic rings. The predicted molar refractivity (Wildman–Crippen MR) is 83.1 cm³/mol. The summed E-state index contributed by atoms with van der Waals surface area (Å²) < 4.78 is 10.7. The van der Waals surface area contributed by atoms with E-state index < -0.39 is 0 Å². The van der Waals surface area contributed by atoms with Gasteiger partial charge in [-0.3, -0.25) is 4.98 Å². The summed E-state index contributed by atoms with van der Waals surface area (Å²) in [6.45, 7) is 0. The van der Waals surface area contributed by atoms with Crippen molar-refractivity contribution in [1.82, 2.24) is 4.98 Å². The minimum Gasteiger partial charge on any atom is -0.497 e. The van der Waals surface area contributed by atoms with E-state index in [0.29, 0.717) is 0 Å². The van der Waals surface area contributed by atoms with Crippen LogP contribution < -0.4 is 14.8 Å². The first-order valence-corrected chi connectivity index (χ1v) is 7.24. The number of fused-ring (bicyclic) bond motifs is 1. The van der Waals surface area contributed by atoms with Gasteiger partial charge in [0.1, 0.15) is 11.5 Å². The Morgan fingerprint density at radius 3 is 2.90 bits per heavy atom. The Hall–Kier alpha value is -2.23. The smallest absolute Gasteiger partial charge is 0.142 e. The Labute approximate surface area is 125 Å². The van der Waals surface area contributed by atoms with Gasteiger partial charge in [0.05, 0.1) is 31.6 Å². The second-order valence-electron chi connectivity index (χ2n) is 5.20. The zero-order valence-electron chi connectivity index (χ0n) is 12.4. The number of hydrogen-bond acceptors (Lipinski definition) is 4. The van der Waals surface area contributed by atoms with Crippen LogP contribution in [-0.4, -0.2) is 19.2 Å². The van der Waals surface area contributed by atoms with Gasteiger partial charge in [-0.2, -0.15) is 0 Å². The van der Waals surface area contributed by atoms with Crippen LogP contribution in [0.5, 0.6) is 11.5 Å². The number of benzene rings is 1. The van der Waals surface area contributed by atoms with Gasteiger partial charge < -0.3 is 14.8 Å². The molecule has 0 saturated carbocycles. The van der Waals surface area contributed by atoms with Gasteiger partial charge in [0, 0.05) is 12.3 Å². The molecule has 1 heterocycles. The number of nitrogens with zero attached hydrogens (tertiary/aromatic N) is 1. The molecule has 0 spiro atoms. The Morgan fingerprint density at radius 1 is 1.19 bits per heavy atom. The SMILES string of the molecule is COc1ccc(OC)c(NC2CCCc3cccnc32)c1. The molecule has 0 fully saturated rings. The third-order valence-electron chi connectivity index (χ3n) is 3.93. The summed E-state index contributed by atoms with van der Waals surface area (Å²) >= 11 is 0. The summed E-state index contributed by atoms with van der Waals surface area (Å²) in [6.07, 6.45) is 5.21. The number of methoxy groups -OCH3 is 2. The highest BCUT2D eigenvalue weighted by Gasteiger charge is 2.22. The average molecular weight is 284 g/mol. The molecular formula is C17H20N2O2. The van der Waals surface area contributed by atoms with Gasteiger partial charge in [0.15, 0.2) is 0 Å². The fourth-order valence-electron chi connectivity index (χ4n) is 2.86. The molecule has 0 radical (unpaired) electrons. The highest BCUT2D eigenvalue weighted by atomic mass is 16.5. The minimum absolute atomic E-state index is 0.218. The number of aryl methyl sites for hydroxylation is 1. The van der Waals surface area contributed by atoms with Crippen molar-refractivity contribution >= 4 is 5.69 Å². The number of nitrogens with one attached hydrogen (secondary N) is 1. The van der Waals surface area contributed by atoms with Crippen molar-refractivity contribution in [1.29, 1.82) is 0 Å². The quantitative estimate of drug-likeness (QED) is 0.931. The van der Waals surface area contributed by atoms with Crippen LogP contribution in [0.3, 0.4) is 0 Å². The largest absolute Gasteiger partial charge is 0.497 e. The standard InChI is InChI=1S/C17H20N2O2/c1-20-13-8-9-16(21-2)15(11-13)19-14-7-3-5-12-6-4-10-18-17(12)14/h4,6,8-11,14,19H,3,5,7H2,1-2H3. The summed E-state index contributed by atoms with van der Waals surface area (Å²) in [4.78, 5) is 4.56. The third-order valence-corrected chi connectivity index (χ3v) is 3.93. The van der Waals surface area contributed by atoms with E-state index in [2.05, 4.69) is 16.4 Å². The molecule has 0 saturated heterocycles. The van der Waals surface area contributed by atoms with Crippen molar-refractivity contribution in [2.24, 2.45) is 0 Å². The van der Waals surface area contributed by atoms with E-state index in [4.69, 9.17) is 9.47 Å². The van der Waals surface area contributed by atoms with E-state index in [1.54, 1.807) is 14.2 Å². The van der Waals surface area contributed by atoms with Crippen molar-refractivity contribution in [2.75, 3.05) is 19.5 Å². The van der Waals surface area contributed by atoms with Gasteiger partial charge >= 0.3 is 0 Å². The van der Waals surface area contributed by atoms with Crippen LogP contribution in [0, 0.1) is 0 Å². The molecule has 0 aliphatic heterocycles. The molecule has 1 atom stereocenters. The normalized spacial score (nSPS) is 17.0. The average Bonchev–Trinajstić information content (AvgIpc) is 2.55. The lowest BCUT2D eigenvalue weighted by Crippen LogP contribution is -2.19. The van der Waals surface area contributed by atoms with Crippen molar-refractivity contribution in [3.8, 4) is 11.5 Å². The van der Waals surface area contributed by atoms with Gasteiger partial charge in [-0.1, -0.05) is 6.07 Å². The summed E-state index contributed by atoms with van der Waals surface area (Å²) in [7, 11) is 3.35. The number of aromatic nitrogens is 1. The summed E-state index contributed by atoms with van der Waals surface area (Å²) in [5.41, 5.74) is 3.43. The fourth-order valence-corrected chi connectivity index (χ4v) is 2.86. The lowest BCUT2D eigenvalue weighted by molar-refractivity contribution is 0.403. The Kier molecular flexibility index (Phi) is 3.95.